The molecular formula is C11H5F15O2. The summed E-state index contributed by atoms with van der Waals surface area (Å²) < 4.78 is 194. The molecule has 0 atom stereocenters. The van der Waals surface area contributed by atoms with Crippen molar-refractivity contribution in [2.45, 2.75) is 48.8 Å². The van der Waals surface area contributed by atoms with Gasteiger partial charge in [0.15, 0.2) is 0 Å². The molecule has 166 valence electrons. The van der Waals surface area contributed by atoms with Gasteiger partial charge in [-0.25, -0.2) is 4.79 Å². The molecule has 0 aromatic carbocycles. The molecule has 2 nitrogen and oxygen atoms in total. The molecule has 0 amide bonds. The first-order chi connectivity index (χ1) is 11.8. The Morgan fingerprint density at radius 1 is 0.607 bits per heavy atom. The molecule has 0 aromatic heterocycles. The van der Waals surface area contributed by atoms with E-state index < -0.39 is 53.4 Å². The van der Waals surface area contributed by atoms with E-state index in [-0.39, 0.29) is 6.92 Å². The molecule has 0 rings (SSSR count). The number of hydrogen-bond acceptors (Lipinski definition) is 2. The van der Waals surface area contributed by atoms with E-state index in [1.54, 1.807) is 0 Å². The molecule has 0 heterocycles. The number of halogens is 15. The summed E-state index contributed by atoms with van der Waals surface area (Å²) in [7, 11) is 0. The van der Waals surface area contributed by atoms with Crippen molar-refractivity contribution in [1.29, 1.82) is 0 Å². The van der Waals surface area contributed by atoms with Gasteiger partial charge >= 0.3 is 47.9 Å². The van der Waals surface area contributed by atoms with Crippen molar-refractivity contribution in [2.24, 2.45) is 0 Å². The molecule has 0 aliphatic carbocycles. The second-order valence-corrected chi connectivity index (χ2v) is 5.06. The van der Waals surface area contributed by atoms with Crippen LogP contribution in [0.2, 0.25) is 0 Å². The molecule has 0 aliphatic heterocycles. The second kappa shape index (κ2) is 6.60. The fourth-order valence-corrected chi connectivity index (χ4v) is 1.30. The maximum absolute atomic E-state index is 14.1. The Balaban J connectivity index is 7.06. The van der Waals surface area contributed by atoms with Gasteiger partial charge in [0, 0.05) is 5.57 Å². The van der Waals surface area contributed by atoms with Gasteiger partial charge in [-0.05, 0) is 6.92 Å². The Hall–Kier alpha value is -1.84. The van der Waals surface area contributed by atoms with Gasteiger partial charge in [0.25, 0.3) is 0 Å². The third kappa shape index (κ3) is 3.46. The van der Waals surface area contributed by atoms with Crippen molar-refractivity contribution in [3.8, 4) is 0 Å². The summed E-state index contributed by atoms with van der Waals surface area (Å²) in [6.07, 6.45) is -15.3. The molecule has 28 heavy (non-hydrogen) atoms. The number of carbonyl (C=O) groups excluding carboxylic acids is 1. The quantitative estimate of drug-likeness (QED) is 0.304. The van der Waals surface area contributed by atoms with Gasteiger partial charge in [0.1, 0.15) is 0 Å². The number of esters is 1. The van der Waals surface area contributed by atoms with Crippen molar-refractivity contribution in [1.82, 2.24) is 0 Å². The average Bonchev–Trinajstić information content (AvgIpc) is 2.43. The van der Waals surface area contributed by atoms with Crippen LogP contribution < -0.4 is 0 Å². The summed E-state index contributed by atoms with van der Waals surface area (Å²) in [6.45, 7) is 2.63. The largest absolute Gasteiger partial charge is 0.460 e. The minimum absolute atomic E-state index is 0.253. The fraction of sp³-hybridized carbons (Fsp3) is 0.727. The monoisotopic (exact) mass is 454 g/mol. The van der Waals surface area contributed by atoms with Crippen LogP contribution in [0.5, 0.6) is 0 Å². The van der Waals surface area contributed by atoms with Crippen molar-refractivity contribution in [2.75, 3.05) is 0 Å². The molecule has 0 bridgehead atoms. The summed E-state index contributed by atoms with van der Waals surface area (Å²) in [5, 5.41) is 0. The first-order valence-corrected chi connectivity index (χ1v) is 6.05. The number of rotatable bonds is 6. The Labute approximate surface area is 143 Å². The number of carbonyl (C=O) groups is 1. The summed E-state index contributed by atoms with van der Waals surface area (Å²) >= 11 is 0. The zero-order valence-electron chi connectivity index (χ0n) is 12.7. The lowest BCUT2D eigenvalue weighted by molar-refractivity contribution is -0.475. The highest BCUT2D eigenvalue weighted by atomic mass is 19.4. The first kappa shape index (κ1) is 26.2. The Kier molecular flexibility index (Phi) is 6.17. The van der Waals surface area contributed by atoms with E-state index in [9.17, 15) is 70.7 Å². The average molecular weight is 454 g/mol. The van der Waals surface area contributed by atoms with Gasteiger partial charge in [0.2, 0.25) is 0 Å². The summed E-state index contributed by atoms with van der Waals surface area (Å²) in [5.41, 5.74) is -1.51. The molecule has 0 saturated heterocycles. The highest BCUT2D eigenvalue weighted by Crippen LogP contribution is 2.62. The van der Waals surface area contributed by atoms with Crippen LogP contribution in [0.3, 0.4) is 0 Å². The van der Waals surface area contributed by atoms with E-state index in [0.717, 1.165) is 0 Å². The summed E-state index contributed by atoms with van der Waals surface area (Å²) in [4.78, 5) is 10.9. The molecule has 0 radical (unpaired) electrons. The summed E-state index contributed by atoms with van der Waals surface area (Å²) in [6, 6.07) is 0. The van der Waals surface area contributed by atoms with Crippen molar-refractivity contribution >= 4 is 5.97 Å². The van der Waals surface area contributed by atoms with Crippen LogP contribution in [0.25, 0.3) is 0 Å². The van der Waals surface area contributed by atoms with Crippen LogP contribution in [-0.2, 0) is 9.53 Å². The minimum atomic E-state index is -8.18. The van der Waals surface area contributed by atoms with Gasteiger partial charge in [-0.15, -0.1) is 0 Å². The zero-order chi connectivity index (χ0) is 23.4. The van der Waals surface area contributed by atoms with Crippen LogP contribution >= 0.6 is 0 Å². The number of alkyl halides is 15. The molecule has 0 unspecified atom stereocenters. The Morgan fingerprint density at radius 3 is 1.04 bits per heavy atom. The van der Waals surface area contributed by atoms with Crippen molar-refractivity contribution < 1.29 is 75.4 Å². The standard InChI is InChI=1S/C11H5F15O2/c1-3(2)4(27)28-9(20,5(12,13)7(16,17)10(21,22)23)6(14,15)8(18,19)11(24,25)26/h1H2,2H3. The first-order valence-electron chi connectivity index (χ1n) is 6.05. The number of ether oxygens (including phenoxy) is 1. The van der Waals surface area contributed by atoms with Crippen LogP contribution in [0, 0.1) is 0 Å². The minimum Gasteiger partial charge on any atom is -0.413 e. The SMILES string of the molecule is C=C(C)C(=O)OC(F)(C(F)(F)C(F)(F)C(F)(F)F)C(F)(F)C(F)(F)C(F)(F)F. The molecule has 0 saturated carbocycles. The van der Waals surface area contributed by atoms with Gasteiger partial charge < -0.3 is 4.74 Å². The van der Waals surface area contributed by atoms with Crippen LogP contribution in [0.15, 0.2) is 12.2 Å². The Bertz CT molecular complexity index is 589. The highest BCUT2D eigenvalue weighted by molar-refractivity contribution is 5.87. The second-order valence-electron chi connectivity index (χ2n) is 5.06. The summed E-state index contributed by atoms with van der Waals surface area (Å²) in [5.74, 6) is -43.3. The van der Waals surface area contributed by atoms with Gasteiger partial charge in [0.05, 0.1) is 0 Å². The molecular weight excluding hydrogens is 449 g/mol. The van der Waals surface area contributed by atoms with E-state index in [1.165, 1.54) is 0 Å². The topological polar surface area (TPSA) is 26.3 Å². The van der Waals surface area contributed by atoms with E-state index in [0.29, 0.717) is 0 Å². The fourth-order valence-electron chi connectivity index (χ4n) is 1.30. The lowest BCUT2D eigenvalue weighted by atomic mass is 9.92. The Morgan fingerprint density at radius 2 is 0.857 bits per heavy atom. The van der Waals surface area contributed by atoms with E-state index in [1.807, 2.05) is 0 Å². The van der Waals surface area contributed by atoms with Crippen LogP contribution in [0.4, 0.5) is 65.9 Å². The zero-order valence-corrected chi connectivity index (χ0v) is 12.7. The normalized spacial score (nSPS) is 15.4. The molecule has 0 fully saturated rings. The molecule has 17 heteroatoms. The van der Waals surface area contributed by atoms with E-state index in [2.05, 4.69) is 11.3 Å². The molecule has 0 spiro atoms. The smallest absolute Gasteiger partial charge is 0.413 e. The van der Waals surface area contributed by atoms with E-state index in [4.69, 9.17) is 0 Å². The van der Waals surface area contributed by atoms with Crippen molar-refractivity contribution in [3.05, 3.63) is 12.2 Å². The maximum Gasteiger partial charge on any atom is 0.460 e. The highest BCUT2D eigenvalue weighted by Gasteiger charge is 2.94. The van der Waals surface area contributed by atoms with Gasteiger partial charge in [-0.1, -0.05) is 6.58 Å². The number of hydrogen-bond donors (Lipinski definition) is 0. The third-order valence-corrected chi connectivity index (χ3v) is 2.89. The van der Waals surface area contributed by atoms with Crippen LogP contribution in [0.1, 0.15) is 6.92 Å². The van der Waals surface area contributed by atoms with Gasteiger partial charge in [-0.2, -0.15) is 65.9 Å². The lowest BCUT2D eigenvalue weighted by Gasteiger charge is -2.43. The molecule has 0 aromatic rings. The van der Waals surface area contributed by atoms with Crippen LogP contribution in [-0.4, -0.2) is 47.9 Å². The van der Waals surface area contributed by atoms with E-state index >= 15 is 0 Å². The molecule has 0 aliphatic rings. The predicted molar refractivity (Wildman–Crippen MR) is 56.6 cm³/mol. The third-order valence-electron chi connectivity index (χ3n) is 2.89. The predicted octanol–water partition coefficient (Wildman–Crippen LogP) is 5.44. The molecule has 0 N–H and O–H groups in total. The van der Waals surface area contributed by atoms with Crippen molar-refractivity contribution in [3.63, 3.8) is 0 Å². The maximum atomic E-state index is 14.1. The van der Waals surface area contributed by atoms with Gasteiger partial charge in [-0.3, -0.25) is 0 Å². The lowest BCUT2D eigenvalue weighted by Crippen LogP contribution is -2.75.